The Morgan fingerprint density at radius 1 is 1.12 bits per heavy atom. The number of aliphatic hydroxyl groups is 1. The number of hydrogen-bond acceptors (Lipinski definition) is 3. The first kappa shape index (κ1) is 16.9. The first-order valence-corrected chi connectivity index (χ1v) is 8.00. The fraction of sp³-hybridized carbons (Fsp3) is 0.200. The summed E-state index contributed by atoms with van der Waals surface area (Å²) in [5.74, 6) is -1.04. The minimum atomic E-state index is -1.04. The van der Waals surface area contributed by atoms with Gasteiger partial charge in [0.05, 0.1) is 11.9 Å². The van der Waals surface area contributed by atoms with Gasteiger partial charge in [0.25, 0.3) is 0 Å². The van der Waals surface area contributed by atoms with Crippen molar-refractivity contribution in [3.05, 3.63) is 82.4 Å². The van der Waals surface area contributed by atoms with E-state index in [9.17, 15) is 15.0 Å². The molecule has 5 nitrogen and oxygen atoms in total. The van der Waals surface area contributed by atoms with Crippen LogP contribution in [-0.4, -0.2) is 25.7 Å². The molecule has 2 N–H and O–H groups in total. The molecular weight excluding hydrogens is 316 g/mol. The second-order valence-corrected chi connectivity index (χ2v) is 6.26. The lowest BCUT2D eigenvalue weighted by atomic mass is 9.89. The summed E-state index contributed by atoms with van der Waals surface area (Å²) in [6.45, 7) is 5.58. The van der Waals surface area contributed by atoms with Crippen molar-refractivity contribution >= 4 is 5.97 Å². The van der Waals surface area contributed by atoms with Gasteiger partial charge in [0.15, 0.2) is 0 Å². The Kier molecular flexibility index (Phi) is 4.42. The number of nitrogens with zero attached hydrogens (tertiary/aromatic N) is 2. The molecule has 0 bridgehead atoms. The monoisotopic (exact) mass is 336 g/mol. The third kappa shape index (κ3) is 3.19. The van der Waals surface area contributed by atoms with Crippen LogP contribution in [0.15, 0.2) is 49.1 Å². The summed E-state index contributed by atoms with van der Waals surface area (Å²) in [4.78, 5) is 15.7. The smallest absolute Gasteiger partial charge is 0.336 e. The maximum Gasteiger partial charge on any atom is 0.336 e. The molecule has 1 heterocycles. The van der Waals surface area contributed by atoms with Crippen LogP contribution in [-0.2, 0) is 0 Å². The van der Waals surface area contributed by atoms with Crippen molar-refractivity contribution in [2.24, 2.45) is 0 Å². The molecule has 0 aliphatic rings. The topological polar surface area (TPSA) is 75.3 Å². The van der Waals surface area contributed by atoms with Gasteiger partial charge in [-0.05, 0) is 61.2 Å². The number of rotatable bonds is 4. The molecular formula is C20H20N2O3. The molecule has 0 saturated carbocycles. The van der Waals surface area contributed by atoms with Gasteiger partial charge in [-0.1, -0.05) is 12.1 Å². The summed E-state index contributed by atoms with van der Waals surface area (Å²) in [5.41, 5.74) is 4.63. The van der Waals surface area contributed by atoms with Crippen molar-refractivity contribution < 1.29 is 15.0 Å². The molecule has 0 amide bonds. The zero-order valence-electron chi connectivity index (χ0n) is 14.4. The number of aromatic carboxylic acids is 1. The van der Waals surface area contributed by atoms with Gasteiger partial charge in [-0.25, -0.2) is 9.78 Å². The van der Waals surface area contributed by atoms with Gasteiger partial charge in [0, 0.05) is 23.6 Å². The largest absolute Gasteiger partial charge is 0.478 e. The van der Waals surface area contributed by atoms with Crippen molar-refractivity contribution in [3.63, 3.8) is 0 Å². The van der Waals surface area contributed by atoms with E-state index in [1.165, 1.54) is 0 Å². The first-order chi connectivity index (χ1) is 11.9. The van der Waals surface area contributed by atoms with E-state index in [4.69, 9.17) is 0 Å². The number of imidazole rings is 1. The zero-order chi connectivity index (χ0) is 18.1. The van der Waals surface area contributed by atoms with E-state index in [-0.39, 0.29) is 5.56 Å². The van der Waals surface area contributed by atoms with E-state index in [0.717, 1.165) is 22.4 Å². The molecule has 5 heteroatoms. The third-order valence-electron chi connectivity index (χ3n) is 4.39. The Balaban J connectivity index is 2.15. The highest BCUT2D eigenvalue weighted by Gasteiger charge is 2.23. The van der Waals surface area contributed by atoms with Crippen LogP contribution in [0.25, 0.3) is 5.69 Å². The molecule has 3 aromatic rings. The van der Waals surface area contributed by atoms with E-state index < -0.39 is 12.1 Å². The minimum absolute atomic E-state index is 0.137. The van der Waals surface area contributed by atoms with Crippen LogP contribution in [0.3, 0.4) is 0 Å². The lowest BCUT2D eigenvalue weighted by molar-refractivity contribution is 0.0691. The second-order valence-electron chi connectivity index (χ2n) is 6.26. The Morgan fingerprint density at radius 2 is 1.88 bits per heavy atom. The highest BCUT2D eigenvalue weighted by atomic mass is 16.4. The lowest BCUT2D eigenvalue weighted by Gasteiger charge is -2.20. The maximum absolute atomic E-state index is 11.7. The van der Waals surface area contributed by atoms with Crippen LogP contribution in [0.1, 0.15) is 44.3 Å². The van der Waals surface area contributed by atoms with Crippen LogP contribution >= 0.6 is 0 Å². The molecule has 0 aliphatic heterocycles. The number of carboxylic acids is 1. The van der Waals surface area contributed by atoms with Crippen molar-refractivity contribution in [1.82, 2.24) is 9.55 Å². The standard InChI is InChI=1S/C20H20N2O3/c1-12-8-14(3)18(17(9-12)20(24)25)19(23)16-10-15(5-4-13(16)2)22-7-6-21-11-22/h4-11,19,23H,1-3H3,(H,24,25). The summed E-state index contributed by atoms with van der Waals surface area (Å²) in [5, 5.41) is 20.6. The van der Waals surface area contributed by atoms with Crippen LogP contribution in [0.2, 0.25) is 0 Å². The summed E-state index contributed by atoms with van der Waals surface area (Å²) in [7, 11) is 0. The van der Waals surface area contributed by atoms with Gasteiger partial charge in [0.1, 0.15) is 6.10 Å². The van der Waals surface area contributed by atoms with E-state index in [0.29, 0.717) is 11.1 Å². The molecule has 0 radical (unpaired) electrons. The quantitative estimate of drug-likeness (QED) is 0.763. The van der Waals surface area contributed by atoms with Gasteiger partial charge in [0.2, 0.25) is 0 Å². The third-order valence-corrected chi connectivity index (χ3v) is 4.39. The molecule has 0 saturated heterocycles. The number of aliphatic hydroxyl groups excluding tert-OH is 1. The van der Waals surface area contributed by atoms with Gasteiger partial charge >= 0.3 is 5.97 Å². The number of benzene rings is 2. The lowest BCUT2D eigenvalue weighted by Crippen LogP contribution is -2.12. The minimum Gasteiger partial charge on any atom is -0.478 e. The summed E-state index contributed by atoms with van der Waals surface area (Å²) in [6.07, 6.45) is 4.17. The van der Waals surface area contributed by atoms with E-state index in [1.54, 1.807) is 18.6 Å². The Hall–Kier alpha value is -2.92. The highest BCUT2D eigenvalue weighted by molar-refractivity contribution is 5.90. The summed E-state index contributed by atoms with van der Waals surface area (Å²) < 4.78 is 1.84. The van der Waals surface area contributed by atoms with Crippen LogP contribution in [0.4, 0.5) is 0 Å². The molecule has 0 aliphatic carbocycles. The number of hydrogen-bond donors (Lipinski definition) is 2. The van der Waals surface area contributed by atoms with Crippen LogP contribution in [0.5, 0.6) is 0 Å². The number of aryl methyl sites for hydroxylation is 3. The van der Waals surface area contributed by atoms with Gasteiger partial charge < -0.3 is 14.8 Å². The van der Waals surface area contributed by atoms with Crippen molar-refractivity contribution in [3.8, 4) is 5.69 Å². The predicted octanol–water partition coefficient (Wildman–Crippen LogP) is 3.58. The molecule has 1 aromatic heterocycles. The van der Waals surface area contributed by atoms with Crippen molar-refractivity contribution in [2.45, 2.75) is 26.9 Å². The Morgan fingerprint density at radius 3 is 2.52 bits per heavy atom. The van der Waals surface area contributed by atoms with E-state index in [2.05, 4.69) is 4.98 Å². The normalized spacial score (nSPS) is 12.2. The number of carboxylic acid groups (broad SMARTS) is 1. The second kappa shape index (κ2) is 6.53. The summed E-state index contributed by atoms with van der Waals surface area (Å²) >= 11 is 0. The zero-order valence-corrected chi connectivity index (χ0v) is 14.4. The molecule has 1 unspecified atom stereocenters. The molecule has 0 spiro atoms. The molecule has 3 rings (SSSR count). The SMILES string of the molecule is Cc1cc(C)c(C(O)c2cc(-n3ccnc3)ccc2C)c(C(=O)O)c1. The van der Waals surface area contributed by atoms with Gasteiger partial charge in [-0.3, -0.25) is 0 Å². The molecule has 25 heavy (non-hydrogen) atoms. The van der Waals surface area contributed by atoms with Crippen molar-refractivity contribution in [1.29, 1.82) is 0 Å². The molecule has 128 valence electrons. The average molecular weight is 336 g/mol. The number of carbonyl (C=O) groups is 1. The molecule has 2 aromatic carbocycles. The Labute approximate surface area is 146 Å². The number of aromatic nitrogens is 2. The van der Waals surface area contributed by atoms with Gasteiger partial charge in [-0.15, -0.1) is 0 Å². The fourth-order valence-electron chi connectivity index (χ4n) is 3.17. The van der Waals surface area contributed by atoms with Gasteiger partial charge in [-0.2, -0.15) is 0 Å². The predicted molar refractivity (Wildman–Crippen MR) is 95.2 cm³/mol. The first-order valence-electron chi connectivity index (χ1n) is 8.00. The van der Waals surface area contributed by atoms with Crippen LogP contribution < -0.4 is 0 Å². The maximum atomic E-state index is 11.7. The fourth-order valence-corrected chi connectivity index (χ4v) is 3.17. The van der Waals surface area contributed by atoms with E-state index in [1.807, 2.05) is 55.8 Å². The van der Waals surface area contributed by atoms with Crippen molar-refractivity contribution in [2.75, 3.05) is 0 Å². The molecule has 0 fully saturated rings. The van der Waals surface area contributed by atoms with E-state index >= 15 is 0 Å². The average Bonchev–Trinajstić information content (AvgIpc) is 3.08. The summed E-state index contributed by atoms with van der Waals surface area (Å²) in [6, 6.07) is 9.21. The van der Waals surface area contributed by atoms with Crippen LogP contribution in [0, 0.1) is 20.8 Å². The Bertz CT molecular complexity index is 930. The highest BCUT2D eigenvalue weighted by Crippen LogP contribution is 2.32. The molecule has 1 atom stereocenters.